The molecule has 0 saturated carbocycles. The minimum absolute atomic E-state index is 0. The molecule has 0 aromatic heterocycles. The van der Waals surface area contributed by atoms with Crippen LogP contribution in [0.3, 0.4) is 0 Å². The third-order valence-corrected chi connectivity index (χ3v) is 4.89. The number of quaternary nitrogens is 2. The monoisotopic (exact) mass is 411 g/mol. The molecule has 8 heteroatoms. The molecule has 160 valence electrons. The van der Waals surface area contributed by atoms with Crippen LogP contribution in [0.4, 0.5) is 0 Å². The van der Waals surface area contributed by atoms with Crippen LogP contribution in [0, 0.1) is 11.3 Å². The molecule has 0 bridgehead atoms. The zero-order chi connectivity index (χ0) is 21.5. The zero-order valence-corrected chi connectivity index (χ0v) is 21.7. The smallest absolute Gasteiger partial charge is 0.550 e. The van der Waals surface area contributed by atoms with Crippen molar-refractivity contribution in [2.75, 3.05) is 61.4 Å². The van der Waals surface area contributed by atoms with E-state index in [4.69, 9.17) is 0 Å². The number of aliphatic hydroxyl groups is 1. The number of hydrogen-bond donors (Lipinski definition) is 2. The van der Waals surface area contributed by atoms with Crippen molar-refractivity contribution in [1.82, 2.24) is 5.32 Å². The largest absolute Gasteiger partial charge is 1.00 e. The molecule has 28 heavy (non-hydrogen) atoms. The Hall–Kier alpha value is -0.180. The predicted molar refractivity (Wildman–Crippen MR) is 106 cm³/mol. The third kappa shape index (κ3) is 13.1. The van der Waals surface area contributed by atoms with Crippen molar-refractivity contribution in [3.8, 4) is 0 Å². The number of nitrogens with zero attached hydrogens (tertiary/aromatic N) is 2. The number of amides is 1. The predicted octanol–water partition coefficient (Wildman–Crippen LogP) is -3.17. The molecular formula is C20H42N3NaO4+2. The van der Waals surface area contributed by atoms with E-state index < -0.39 is 17.3 Å². The first-order chi connectivity index (χ1) is 12.1. The molecule has 0 aliphatic carbocycles. The fourth-order valence-corrected chi connectivity index (χ4v) is 3.40. The first-order valence-electron chi connectivity index (χ1n) is 9.89. The Morgan fingerprint density at radius 1 is 1.11 bits per heavy atom. The molecule has 0 radical (unpaired) electrons. The summed E-state index contributed by atoms with van der Waals surface area (Å²) in [7, 11) is 10.3. The number of carboxylic acid groups (broad SMARTS) is 1. The quantitative estimate of drug-likeness (QED) is 0.190. The van der Waals surface area contributed by atoms with Crippen LogP contribution in [0.5, 0.6) is 0 Å². The number of carbonyl (C=O) groups excluding carboxylic acids is 2. The number of rotatable bonds is 13. The van der Waals surface area contributed by atoms with E-state index in [-0.39, 0.29) is 48.0 Å². The average Bonchev–Trinajstić information content (AvgIpc) is 2.45. The Morgan fingerprint density at radius 2 is 1.64 bits per heavy atom. The van der Waals surface area contributed by atoms with Crippen molar-refractivity contribution >= 4 is 11.9 Å². The van der Waals surface area contributed by atoms with Gasteiger partial charge in [-0.1, -0.05) is 20.8 Å². The van der Waals surface area contributed by atoms with Gasteiger partial charge in [0, 0.05) is 24.3 Å². The fourth-order valence-electron chi connectivity index (χ4n) is 3.40. The van der Waals surface area contributed by atoms with Gasteiger partial charge in [0.25, 0.3) is 0 Å². The Bertz CT molecular complexity index is 490. The summed E-state index contributed by atoms with van der Waals surface area (Å²) >= 11 is 0. The summed E-state index contributed by atoms with van der Waals surface area (Å²) in [5, 5.41) is 24.3. The standard InChI is InChI=1S/C20H41N3O4.Na/c1-9-16(18(25)26)13-20(2,3)19(27)21-11-10-12-23(7,8)15-17(24)14-22(4,5)6;/h16-17,24H,9-15H2,1-8H3;/q;+1/p+1. The molecule has 0 saturated heterocycles. The minimum Gasteiger partial charge on any atom is -0.550 e. The van der Waals surface area contributed by atoms with E-state index in [1.807, 2.05) is 0 Å². The topological polar surface area (TPSA) is 89.5 Å². The number of aliphatic hydroxyl groups excluding tert-OH is 1. The van der Waals surface area contributed by atoms with E-state index in [0.717, 1.165) is 17.4 Å². The van der Waals surface area contributed by atoms with E-state index in [9.17, 15) is 19.8 Å². The summed E-state index contributed by atoms with van der Waals surface area (Å²) in [5.41, 5.74) is -0.744. The molecule has 0 aliphatic heterocycles. The second kappa shape index (κ2) is 12.5. The van der Waals surface area contributed by atoms with Gasteiger partial charge >= 0.3 is 29.6 Å². The molecule has 7 nitrogen and oxygen atoms in total. The van der Waals surface area contributed by atoms with Crippen LogP contribution in [0.15, 0.2) is 0 Å². The summed E-state index contributed by atoms with van der Waals surface area (Å²) in [6.07, 6.45) is 1.16. The second-order valence-corrected chi connectivity index (χ2v) is 10.1. The normalized spacial score (nSPS) is 14.8. The van der Waals surface area contributed by atoms with Crippen molar-refractivity contribution in [3.05, 3.63) is 0 Å². The zero-order valence-electron chi connectivity index (χ0n) is 19.7. The van der Waals surface area contributed by atoms with E-state index in [1.165, 1.54) is 0 Å². The molecule has 0 fully saturated rings. The van der Waals surface area contributed by atoms with Gasteiger partial charge in [0.2, 0.25) is 5.91 Å². The Morgan fingerprint density at radius 3 is 2.07 bits per heavy atom. The van der Waals surface area contributed by atoms with Crippen LogP contribution < -0.4 is 40.0 Å². The number of carbonyl (C=O) groups is 2. The van der Waals surface area contributed by atoms with Crippen LogP contribution in [0.1, 0.15) is 40.0 Å². The molecule has 0 heterocycles. The second-order valence-electron chi connectivity index (χ2n) is 10.1. The van der Waals surface area contributed by atoms with Crippen LogP contribution in [0.25, 0.3) is 0 Å². The molecule has 0 spiro atoms. The van der Waals surface area contributed by atoms with Gasteiger partial charge in [-0.15, -0.1) is 0 Å². The maximum absolute atomic E-state index is 12.4. The Kier molecular flexibility index (Phi) is 13.4. The van der Waals surface area contributed by atoms with Crippen LogP contribution in [-0.4, -0.2) is 93.5 Å². The van der Waals surface area contributed by atoms with Crippen LogP contribution in [0.2, 0.25) is 0 Å². The SMILES string of the molecule is CCC(CC(C)(C)C(=O)NCCC[N+](C)(C)CC(O)C[N+](C)(C)C)C(=O)[O-].[Na+]. The fraction of sp³-hybridized carbons (Fsp3) is 0.900. The minimum atomic E-state index is -1.09. The average molecular weight is 412 g/mol. The molecule has 2 unspecified atom stereocenters. The molecule has 0 aromatic carbocycles. The van der Waals surface area contributed by atoms with Gasteiger partial charge in [-0.3, -0.25) is 4.79 Å². The van der Waals surface area contributed by atoms with Gasteiger partial charge in [-0.2, -0.15) is 0 Å². The van der Waals surface area contributed by atoms with Gasteiger partial charge in [0.05, 0.1) is 41.8 Å². The van der Waals surface area contributed by atoms with E-state index >= 15 is 0 Å². The molecule has 2 atom stereocenters. The third-order valence-electron chi connectivity index (χ3n) is 4.89. The summed E-state index contributed by atoms with van der Waals surface area (Å²) in [6, 6.07) is 0. The maximum Gasteiger partial charge on any atom is 1.00 e. The summed E-state index contributed by atoms with van der Waals surface area (Å²) in [6.45, 7) is 8.08. The van der Waals surface area contributed by atoms with Gasteiger partial charge < -0.3 is 29.3 Å². The molecule has 0 rings (SSSR count). The molecule has 2 N–H and O–H groups in total. The number of likely N-dealkylation sites (N-methyl/N-ethyl adjacent to an activating group) is 2. The van der Waals surface area contributed by atoms with Gasteiger partial charge in [0.1, 0.15) is 13.1 Å². The molecule has 0 aliphatic rings. The van der Waals surface area contributed by atoms with E-state index in [2.05, 4.69) is 40.6 Å². The van der Waals surface area contributed by atoms with Gasteiger partial charge in [0.15, 0.2) is 6.10 Å². The Labute approximate surface area is 193 Å². The summed E-state index contributed by atoms with van der Waals surface area (Å²) < 4.78 is 1.40. The van der Waals surface area contributed by atoms with E-state index in [0.29, 0.717) is 30.5 Å². The van der Waals surface area contributed by atoms with Gasteiger partial charge in [-0.05, 0) is 18.8 Å². The summed E-state index contributed by atoms with van der Waals surface area (Å²) in [4.78, 5) is 23.5. The number of nitrogens with one attached hydrogen (secondary N) is 1. The maximum atomic E-state index is 12.4. The van der Waals surface area contributed by atoms with Crippen LogP contribution in [-0.2, 0) is 9.59 Å². The number of aliphatic carboxylic acids is 1. The van der Waals surface area contributed by atoms with Crippen molar-refractivity contribution in [2.24, 2.45) is 11.3 Å². The molecule has 0 aromatic rings. The first kappa shape index (κ1) is 30.0. The van der Waals surface area contributed by atoms with Crippen LogP contribution >= 0.6 is 0 Å². The number of carboxylic acids is 1. The van der Waals surface area contributed by atoms with E-state index in [1.54, 1.807) is 20.8 Å². The Balaban J connectivity index is 0. The number of hydrogen-bond acceptors (Lipinski definition) is 4. The van der Waals surface area contributed by atoms with Gasteiger partial charge in [-0.25, -0.2) is 0 Å². The first-order valence-corrected chi connectivity index (χ1v) is 9.89. The molecule has 1 amide bonds. The molecular weight excluding hydrogens is 369 g/mol. The van der Waals surface area contributed by atoms with Crippen molar-refractivity contribution < 1.29 is 58.3 Å². The summed E-state index contributed by atoms with van der Waals surface area (Å²) in [5.74, 6) is -1.83. The van der Waals surface area contributed by atoms with Crippen molar-refractivity contribution in [3.63, 3.8) is 0 Å². The van der Waals surface area contributed by atoms with Crippen molar-refractivity contribution in [1.29, 1.82) is 0 Å². The van der Waals surface area contributed by atoms with Crippen molar-refractivity contribution in [2.45, 2.75) is 46.1 Å².